The fraction of sp³-hybridized carbons (Fsp3) is 0.333. The van der Waals surface area contributed by atoms with Crippen LogP contribution >= 0.6 is 0 Å². The first kappa shape index (κ1) is 13.8. The number of nitrogens with zero attached hydrogens (tertiary/aromatic N) is 1. The molecule has 3 N–H and O–H groups in total. The summed E-state index contributed by atoms with van der Waals surface area (Å²) in [7, 11) is 1.01. The number of aromatic amines is 1. The predicted molar refractivity (Wildman–Crippen MR) is 56.7 cm³/mol. The molecular weight excluding hydrogens is 248 g/mol. The predicted octanol–water partition coefficient (Wildman–Crippen LogP) is -1.15. The van der Waals surface area contributed by atoms with Gasteiger partial charge in [0.2, 0.25) is 0 Å². The van der Waals surface area contributed by atoms with Crippen LogP contribution in [0.25, 0.3) is 0 Å². The minimum absolute atomic E-state index is 0.181. The third kappa shape index (κ3) is 2.70. The number of pyridine rings is 1. The van der Waals surface area contributed by atoms with E-state index in [4.69, 9.17) is 0 Å². The lowest BCUT2D eigenvalue weighted by Crippen LogP contribution is -2.29. The van der Waals surface area contributed by atoms with Crippen LogP contribution < -0.4 is 5.56 Å². The maximum atomic E-state index is 11.1. The number of aliphatic hydroxyl groups is 2. The fourth-order valence-electron chi connectivity index (χ4n) is 1.23. The summed E-state index contributed by atoms with van der Waals surface area (Å²) in [6.07, 6.45) is -2.68. The van der Waals surface area contributed by atoms with E-state index in [9.17, 15) is 29.9 Å². The number of aliphatic hydroxyl groups excluding tert-OH is 2. The lowest BCUT2D eigenvalue weighted by atomic mass is 10.1. The summed E-state index contributed by atoms with van der Waals surface area (Å²) in [5.74, 6) is -1.10. The molecule has 2 atom stereocenters. The summed E-state index contributed by atoms with van der Waals surface area (Å²) in [6.45, 7) is 0. The molecule has 18 heavy (non-hydrogen) atoms. The molecule has 1 rings (SSSR count). The first-order valence-corrected chi connectivity index (χ1v) is 4.69. The average molecular weight is 258 g/mol. The molecular formula is C9H10N2O7. The number of carbonyl (C=O) groups is 1. The van der Waals surface area contributed by atoms with Gasteiger partial charge in [-0.3, -0.25) is 14.9 Å². The summed E-state index contributed by atoms with van der Waals surface area (Å²) in [5, 5.41) is 29.5. The van der Waals surface area contributed by atoms with E-state index in [-0.39, 0.29) is 5.56 Å². The molecule has 9 nitrogen and oxygen atoms in total. The van der Waals surface area contributed by atoms with Crippen LogP contribution in [-0.2, 0) is 9.53 Å². The second-order valence-electron chi connectivity index (χ2n) is 3.32. The van der Waals surface area contributed by atoms with Gasteiger partial charge in [-0.15, -0.1) is 0 Å². The van der Waals surface area contributed by atoms with Crippen molar-refractivity contribution in [2.75, 3.05) is 7.11 Å². The van der Waals surface area contributed by atoms with Crippen LogP contribution in [0.4, 0.5) is 5.69 Å². The largest absolute Gasteiger partial charge is 0.467 e. The first-order chi connectivity index (χ1) is 8.38. The van der Waals surface area contributed by atoms with Crippen LogP contribution in [0.1, 0.15) is 11.7 Å². The van der Waals surface area contributed by atoms with Gasteiger partial charge in [-0.25, -0.2) is 4.79 Å². The van der Waals surface area contributed by atoms with E-state index in [1.807, 2.05) is 4.98 Å². The van der Waals surface area contributed by atoms with Gasteiger partial charge in [0.15, 0.2) is 6.10 Å². The molecule has 0 amide bonds. The van der Waals surface area contributed by atoms with Crippen molar-refractivity contribution in [3.63, 3.8) is 0 Å². The molecule has 0 aliphatic carbocycles. The number of hydrogen-bond donors (Lipinski definition) is 3. The number of H-pyrrole nitrogens is 1. The van der Waals surface area contributed by atoms with E-state index in [1.54, 1.807) is 0 Å². The Kier molecular flexibility index (Phi) is 4.13. The molecule has 0 bridgehead atoms. The highest BCUT2D eigenvalue weighted by Crippen LogP contribution is 2.19. The van der Waals surface area contributed by atoms with Crippen molar-refractivity contribution in [2.24, 2.45) is 0 Å². The summed E-state index contributed by atoms with van der Waals surface area (Å²) >= 11 is 0. The molecule has 0 saturated heterocycles. The van der Waals surface area contributed by atoms with Gasteiger partial charge in [0.05, 0.1) is 12.0 Å². The molecule has 0 fully saturated rings. The van der Waals surface area contributed by atoms with E-state index in [0.717, 1.165) is 19.4 Å². The maximum Gasteiger partial charge on any atom is 0.337 e. The van der Waals surface area contributed by atoms with Crippen molar-refractivity contribution in [2.45, 2.75) is 12.2 Å². The van der Waals surface area contributed by atoms with Crippen LogP contribution in [0.5, 0.6) is 0 Å². The lowest BCUT2D eigenvalue weighted by Gasteiger charge is -2.15. The number of carbonyl (C=O) groups excluding carboxylic acids is 1. The Labute approximate surface area is 99.8 Å². The molecule has 0 aromatic carbocycles. The molecule has 0 aliphatic heterocycles. The van der Waals surface area contributed by atoms with Gasteiger partial charge < -0.3 is 19.9 Å². The van der Waals surface area contributed by atoms with Gasteiger partial charge in [-0.2, -0.15) is 0 Å². The Morgan fingerprint density at radius 3 is 2.67 bits per heavy atom. The van der Waals surface area contributed by atoms with Gasteiger partial charge >= 0.3 is 17.2 Å². The zero-order chi connectivity index (χ0) is 13.9. The standard InChI is InChI=1S/C9H10N2O7/c1-18-9(15)7(13)6(12)4-2-5(11(16)17)8(14)10-3-4/h2-3,6-7,12-13H,1H3,(H,10,14). The smallest absolute Gasteiger partial charge is 0.337 e. The lowest BCUT2D eigenvalue weighted by molar-refractivity contribution is -0.386. The zero-order valence-corrected chi connectivity index (χ0v) is 9.19. The quantitative estimate of drug-likeness (QED) is 0.351. The molecule has 0 aliphatic rings. The van der Waals surface area contributed by atoms with Crippen molar-refractivity contribution in [3.8, 4) is 0 Å². The second kappa shape index (κ2) is 5.38. The minimum Gasteiger partial charge on any atom is -0.467 e. The van der Waals surface area contributed by atoms with Crippen LogP contribution in [0, 0.1) is 10.1 Å². The van der Waals surface area contributed by atoms with Crippen LogP contribution in [0.15, 0.2) is 17.1 Å². The highest BCUT2D eigenvalue weighted by Gasteiger charge is 2.28. The average Bonchev–Trinajstić information content (AvgIpc) is 2.36. The molecule has 0 radical (unpaired) electrons. The third-order valence-corrected chi connectivity index (χ3v) is 2.19. The second-order valence-corrected chi connectivity index (χ2v) is 3.32. The Bertz CT molecular complexity index is 524. The van der Waals surface area contributed by atoms with Crippen LogP contribution in [-0.4, -0.2) is 39.3 Å². The van der Waals surface area contributed by atoms with Gasteiger partial charge in [0.25, 0.3) is 0 Å². The molecule has 2 unspecified atom stereocenters. The summed E-state index contributed by atoms with van der Waals surface area (Å²) in [6, 6.07) is 0.773. The van der Waals surface area contributed by atoms with E-state index in [2.05, 4.69) is 4.74 Å². The molecule has 1 aromatic rings. The summed E-state index contributed by atoms with van der Waals surface area (Å²) in [4.78, 5) is 33.6. The zero-order valence-electron chi connectivity index (χ0n) is 9.19. The number of esters is 1. The Morgan fingerprint density at radius 1 is 1.56 bits per heavy atom. The van der Waals surface area contributed by atoms with Crippen molar-refractivity contribution < 1.29 is 24.7 Å². The molecule has 9 heteroatoms. The van der Waals surface area contributed by atoms with Crippen LogP contribution in [0.2, 0.25) is 0 Å². The first-order valence-electron chi connectivity index (χ1n) is 4.69. The van der Waals surface area contributed by atoms with Gasteiger partial charge in [0.1, 0.15) is 6.10 Å². The van der Waals surface area contributed by atoms with E-state index in [1.165, 1.54) is 0 Å². The normalized spacial score (nSPS) is 13.7. The summed E-state index contributed by atoms with van der Waals surface area (Å²) < 4.78 is 4.20. The Balaban J connectivity index is 3.11. The number of ether oxygens (including phenoxy) is 1. The summed E-state index contributed by atoms with van der Waals surface area (Å²) in [5.41, 5.74) is -1.94. The highest BCUT2D eigenvalue weighted by molar-refractivity contribution is 5.75. The minimum atomic E-state index is -1.90. The number of methoxy groups -OCH3 is 1. The van der Waals surface area contributed by atoms with Crippen molar-refractivity contribution in [1.29, 1.82) is 0 Å². The number of nitrogens with one attached hydrogen (secondary N) is 1. The number of aromatic nitrogens is 1. The fourth-order valence-corrected chi connectivity index (χ4v) is 1.23. The van der Waals surface area contributed by atoms with Crippen molar-refractivity contribution in [1.82, 2.24) is 4.98 Å². The van der Waals surface area contributed by atoms with Crippen molar-refractivity contribution in [3.05, 3.63) is 38.3 Å². The van der Waals surface area contributed by atoms with E-state index >= 15 is 0 Å². The van der Waals surface area contributed by atoms with Crippen molar-refractivity contribution >= 4 is 11.7 Å². The highest BCUT2D eigenvalue weighted by atomic mass is 16.6. The topological polar surface area (TPSA) is 143 Å². The molecule has 0 saturated carbocycles. The van der Waals surface area contributed by atoms with Gasteiger partial charge in [0, 0.05) is 17.8 Å². The van der Waals surface area contributed by atoms with E-state index in [0.29, 0.717) is 0 Å². The van der Waals surface area contributed by atoms with Gasteiger partial charge in [-0.1, -0.05) is 0 Å². The number of rotatable bonds is 4. The maximum absolute atomic E-state index is 11.1. The Hall–Kier alpha value is -2.26. The monoisotopic (exact) mass is 258 g/mol. The molecule has 0 spiro atoms. The third-order valence-electron chi connectivity index (χ3n) is 2.19. The van der Waals surface area contributed by atoms with Gasteiger partial charge in [-0.05, 0) is 0 Å². The van der Waals surface area contributed by atoms with Crippen LogP contribution in [0.3, 0.4) is 0 Å². The number of hydrogen-bond acceptors (Lipinski definition) is 7. The SMILES string of the molecule is COC(=O)C(O)C(O)c1c[nH]c(=O)c([N+](=O)[O-])c1. The molecule has 1 aromatic heterocycles. The number of nitro groups is 1. The molecule has 98 valence electrons. The molecule has 1 heterocycles. The Morgan fingerprint density at radius 2 is 2.17 bits per heavy atom. The van der Waals surface area contributed by atoms with E-state index < -0.39 is 34.3 Å².